The molecule has 0 saturated heterocycles. The SMILES string of the molecule is N#CC(=Cc1cccs1)c1nc2cc(Cl)ccc2c(=O)[nH]1. The van der Waals surface area contributed by atoms with Crippen molar-refractivity contribution in [1.82, 2.24) is 9.97 Å². The molecule has 0 amide bonds. The smallest absolute Gasteiger partial charge is 0.259 e. The second-order valence-electron chi connectivity index (χ2n) is 4.26. The van der Waals surface area contributed by atoms with E-state index in [1.807, 2.05) is 17.5 Å². The largest absolute Gasteiger partial charge is 0.305 e. The van der Waals surface area contributed by atoms with E-state index < -0.39 is 0 Å². The lowest BCUT2D eigenvalue weighted by atomic mass is 10.2. The highest BCUT2D eigenvalue weighted by Crippen LogP contribution is 2.20. The molecule has 102 valence electrons. The second-order valence-corrected chi connectivity index (χ2v) is 5.68. The first-order valence-corrected chi connectivity index (χ1v) is 7.28. The second kappa shape index (κ2) is 5.52. The summed E-state index contributed by atoms with van der Waals surface area (Å²) in [6.07, 6.45) is 1.69. The molecule has 0 spiro atoms. The first-order valence-electron chi connectivity index (χ1n) is 6.02. The molecule has 0 bridgehead atoms. The highest BCUT2D eigenvalue weighted by atomic mass is 35.5. The van der Waals surface area contributed by atoms with E-state index in [-0.39, 0.29) is 11.4 Å². The van der Waals surface area contributed by atoms with Gasteiger partial charge in [-0.15, -0.1) is 11.3 Å². The average Bonchev–Trinajstić information content (AvgIpc) is 2.97. The van der Waals surface area contributed by atoms with Crippen LogP contribution in [0.4, 0.5) is 0 Å². The minimum absolute atomic E-state index is 0.241. The van der Waals surface area contributed by atoms with Gasteiger partial charge in [0.1, 0.15) is 6.07 Å². The summed E-state index contributed by atoms with van der Waals surface area (Å²) in [5, 5.41) is 12.1. The summed E-state index contributed by atoms with van der Waals surface area (Å²) in [6.45, 7) is 0. The third kappa shape index (κ3) is 2.72. The van der Waals surface area contributed by atoms with Crippen molar-refractivity contribution >= 4 is 45.5 Å². The fourth-order valence-corrected chi connectivity index (χ4v) is 2.73. The summed E-state index contributed by atoms with van der Waals surface area (Å²) < 4.78 is 0. The summed E-state index contributed by atoms with van der Waals surface area (Å²) in [5.41, 5.74) is 0.476. The minimum atomic E-state index is -0.293. The number of thiophene rings is 1. The number of nitrogens with zero attached hydrogens (tertiary/aromatic N) is 2. The molecule has 0 radical (unpaired) electrons. The lowest BCUT2D eigenvalue weighted by molar-refractivity contribution is 1.13. The highest BCUT2D eigenvalue weighted by molar-refractivity contribution is 7.10. The van der Waals surface area contributed by atoms with E-state index in [0.29, 0.717) is 21.5 Å². The molecule has 3 aromatic rings. The number of hydrogen-bond donors (Lipinski definition) is 1. The number of halogens is 1. The number of aromatic amines is 1. The molecule has 0 saturated carbocycles. The summed E-state index contributed by atoms with van der Waals surface area (Å²) in [4.78, 5) is 19.9. The van der Waals surface area contributed by atoms with Gasteiger partial charge in [0.2, 0.25) is 0 Å². The Labute approximate surface area is 129 Å². The van der Waals surface area contributed by atoms with Crippen LogP contribution in [0.5, 0.6) is 0 Å². The van der Waals surface area contributed by atoms with E-state index >= 15 is 0 Å². The first-order chi connectivity index (χ1) is 10.2. The normalized spacial score (nSPS) is 11.5. The maximum Gasteiger partial charge on any atom is 0.259 e. The number of aromatic nitrogens is 2. The lowest BCUT2D eigenvalue weighted by Gasteiger charge is -2.02. The molecule has 6 heteroatoms. The summed E-state index contributed by atoms with van der Waals surface area (Å²) in [6, 6.07) is 10.7. The molecule has 21 heavy (non-hydrogen) atoms. The van der Waals surface area contributed by atoms with Crippen molar-refractivity contribution in [2.45, 2.75) is 0 Å². The Hall–Kier alpha value is -2.42. The Morgan fingerprint density at radius 3 is 3.00 bits per heavy atom. The van der Waals surface area contributed by atoms with Crippen molar-refractivity contribution in [3.05, 3.63) is 61.8 Å². The Balaban J connectivity index is 2.20. The number of allylic oxidation sites excluding steroid dienone is 1. The van der Waals surface area contributed by atoms with Crippen LogP contribution in [0.25, 0.3) is 22.6 Å². The third-order valence-corrected chi connectivity index (χ3v) is 3.93. The van der Waals surface area contributed by atoms with Crippen LogP contribution in [0, 0.1) is 11.3 Å². The molecule has 1 N–H and O–H groups in total. The number of nitriles is 1. The van der Waals surface area contributed by atoms with E-state index in [9.17, 15) is 10.1 Å². The van der Waals surface area contributed by atoms with Gasteiger partial charge in [-0.1, -0.05) is 17.7 Å². The van der Waals surface area contributed by atoms with E-state index in [1.165, 1.54) is 11.3 Å². The zero-order valence-electron chi connectivity index (χ0n) is 10.6. The Bertz CT molecular complexity index is 936. The molecule has 0 unspecified atom stereocenters. The molecule has 1 aromatic carbocycles. The number of fused-ring (bicyclic) bond motifs is 1. The van der Waals surface area contributed by atoms with Crippen LogP contribution in [0.2, 0.25) is 5.02 Å². The van der Waals surface area contributed by atoms with Gasteiger partial charge in [0.25, 0.3) is 5.56 Å². The van der Waals surface area contributed by atoms with Gasteiger partial charge in [-0.05, 0) is 35.7 Å². The van der Waals surface area contributed by atoms with Crippen molar-refractivity contribution in [3.63, 3.8) is 0 Å². The van der Waals surface area contributed by atoms with Crippen molar-refractivity contribution in [2.75, 3.05) is 0 Å². The molecule has 2 heterocycles. The fourth-order valence-electron chi connectivity index (χ4n) is 1.91. The molecule has 4 nitrogen and oxygen atoms in total. The van der Waals surface area contributed by atoms with Gasteiger partial charge in [0, 0.05) is 9.90 Å². The molecule has 0 fully saturated rings. The van der Waals surface area contributed by atoms with E-state index in [4.69, 9.17) is 11.6 Å². The number of hydrogen-bond acceptors (Lipinski definition) is 4. The van der Waals surface area contributed by atoms with Crippen molar-refractivity contribution in [2.24, 2.45) is 0 Å². The number of H-pyrrole nitrogens is 1. The van der Waals surface area contributed by atoms with Crippen molar-refractivity contribution < 1.29 is 0 Å². The predicted molar refractivity (Wildman–Crippen MR) is 85.2 cm³/mol. The monoisotopic (exact) mass is 313 g/mol. The van der Waals surface area contributed by atoms with Gasteiger partial charge in [0.05, 0.1) is 16.5 Å². The van der Waals surface area contributed by atoms with E-state index in [0.717, 1.165) is 4.88 Å². The molecule has 0 aliphatic rings. The maximum absolute atomic E-state index is 12.1. The molecular formula is C15H8ClN3OS. The standard InChI is InChI=1S/C15H8ClN3OS/c16-10-3-4-12-13(7-10)18-14(19-15(12)20)9(8-17)6-11-2-1-5-21-11/h1-7H,(H,18,19,20). The van der Waals surface area contributed by atoms with Gasteiger partial charge in [0.15, 0.2) is 5.82 Å². The van der Waals surface area contributed by atoms with Crippen molar-refractivity contribution in [3.8, 4) is 6.07 Å². The van der Waals surface area contributed by atoms with Crippen LogP contribution in [-0.4, -0.2) is 9.97 Å². The molecule has 0 aliphatic heterocycles. The Morgan fingerprint density at radius 1 is 1.43 bits per heavy atom. The Kier molecular flexibility index (Phi) is 3.57. The topological polar surface area (TPSA) is 69.5 Å². The minimum Gasteiger partial charge on any atom is -0.305 e. The first kappa shape index (κ1) is 13.6. The van der Waals surface area contributed by atoms with Crippen LogP contribution in [0.3, 0.4) is 0 Å². The van der Waals surface area contributed by atoms with E-state index in [2.05, 4.69) is 16.0 Å². The van der Waals surface area contributed by atoms with E-state index in [1.54, 1.807) is 24.3 Å². The summed E-state index contributed by atoms with van der Waals surface area (Å²) in [7, 11) is 0. The quantitative estimate of drug-likeness (QED) is 0.733. The fraction of sp³-hybridized carbons (Fsp3) is 0. The van der Waals surface area contributed by atoms with Gasteiger partial charge in [-0.25, -0.2) is 4.98 Å². The van der Waals surface area contributed by atoms with Crippen LogP contribution in [0.1, 0.15) is 10.7 Å². The van der Waals surface area contributed by atoms with Gasteiger partial charge >= 0.3 is 0 Å². The van der Waals surface area contributed by atoms with Gasteiger partial charge in [-0.3, -0.25) is 4.79 Å². The number of benzene rings is 1. The molecule has 2 aromatic heterocycles. The zero-order chi connectivity index (χ0) is 14.8. The highest BCUT2D eigenvalue weighted by Gasteiger charge is 2.09. The third-order valence-electron chi connectivity index (χ3n) is 2.87. The van der Waals surface area contributed by atoms with Gasteiger partial charge in [-0.2, -0.15) is 5.26 Å². The predicted octanol–water partition coefficient (Wildman–Crippen LogP) is 3.70. The number of nitrogens with one attached hydrogen (secondary N) is 1. The Morgan fingerprint density at radius 2 is 2.29 bits per heavy atom. The molecule has 0 atom stereocenters. The molecule has 3 rings (SSSR count). The van der Waals surface area contributed by atoms with Crippen LogP contribution < -0.4 is 5.56 Å². The summed E-state index contributed by atoms with van der Waals surface area (Å²) in [5.74, 6) is 0.241. The lowest BCUT2D eigenvalue weighted by Crippen LogP contribution is -2.11. The van der Waals surface area contributed by atoms with Crippen molar-refractivity contribution in [1.29, 1.82) is 5.26 Å². The molecule has 0 aliphatic carbocycles. The number of rotatable bonds is 2. The average molecular weight is 314 g/mol. The zero-order valence-corrected chi connectivity index (χ0v) is 12.2. The summed E-state index contributed by atoms with van der Waals surface area (Å²) >= 11 is 7.42. The van der Waals surface area contributed by atoms with Crippen LogP contribution >= 0.6 is 22.9 Å². The molecular weight excluding hydrogens is 306 g/mol. The van der Waals surface area contributed by atoms with Gasteiger partial charge < -0.3 is 4.98 Å². The van der Waals surface area contributed by atoms with Crippen LogP contribution in [0.15, 0.2) is 40.5 Å². The van der Waals surface area contributed by atoms with Crippen LogP contribution in [-0.2, 0) is 0 Å². The maximum atomic E-state index is 12.1.